The third-order valence-electron chi connectivity index (χ3n) is 4.55. The van der Waals surface area contributed by atoms with Crippen molar-refractivity contribution in [2.24, 2.45) is 11.7 Å². The smallest absolute Gasteiger partial charge is 0.322 e. The lowest BCUT2D eigenvalue weighted by Crippen LogP contribution is -2.57. The van der Waals surface area contributed by atoms with E-state index in [2.05, 4.69) is 16.0 Å². The normalized spacial score (nSPS) is 13.7. The Kier molecular flexibility index (Phi) is 11.7. The van der Waals surface area contributed by atoms with Crippen molar-refractivity contribution >= 4 is 35.5 Å². The fourth-order valence-corrected chi connectivity index (χ4v) is 3.26. The van der Waals surface area contributed by atoms with Gasteiger partial charge in [0.25, 0.3) is 0 Å². The molecule has 3 unspecified atom stereocenters. The third kappa shape index (κ3) is 9.84. The fraction of sp³-hybridized carbons (Fsp3) is 0.524. The third-order valence-corrected chi connectivity index (χ3v) is 5.19. The topological polar surface area (TPSA) is 151 Å². The van der Waals surface area contributed by atoms with Crippen LogP contribution in [0.25, 0.3) is 0 Å². The number of carboxylic acids is 1. The van der Waals surface area contributed by atoms with Gasteiger partial charge in [0.05, 0.1) is 6.04 Å². The van der Waals surface area contributed by atoms with Gasteiger partial charge in [-0.1, -0.05) is 44.2 Å². The minimum Gasteiger partial charge on any atom is -0.480 e. The number of nitrogens with two attached hydrogens (primary N) is 1. The molecular formula is C21H32N4O5S. The van der Waals surface area contributed by atoms with Crippen molar-refractivity contribution in [3.63, 3.8) is 0 Å². The highest BCUT2D eigenvalue weighted by Crippen LogP contribution is 2.08. The maximum absolute atomic E-state index is 13.0. The lowest BCUT2D eigenvalue weighted by Gasteiger charge is -2.26. The molecule has 1 rings (SSSR count). The Morgan fingerprint density at radius 1 is 1.03 bits per heavy atom. The number of carboxylic acid groups (broad SMARTS) is 1. The Bertz CT molecular complexity index is 745. The number of rotatable bonds is 13. The second kappa shape index (κ2) is 13.7. The first-order valence-electron chi connectivity index (χ1n) is 10.0. The van der Waals surface area contributed by atoms with Crippen LogP contribution in [0.2, 0.25) is 0 Å². The highest BCUT2D eigenvalue weighted by Gasteiger charge is 2.30. The molecule has 0 aliphatic carbocycles. The van der Waals surface area contributed by atoms with Crippen LogP contribution in [0.15, 0.2) is 30.3 Å². The number of thioether (sulfide) groups is 1. The van der Waals surface area contributed by atoms with Crippen LogP contribution >= 0.6 is 11.8 Å². The number of benzene rings is 1. The monoisotopic (exact) mass is 452 g/mol. The van der Waals surface area contributed by atoms with Crippen LogP contribution in [-0.2, 0) is 25.6 Å². The fourth-order valence-electron chi connectivity index (χ4n) is 2.78. The quantitative estimate of drug-likeness (QED) is 0.285. The zero-order valence-electron chi connectivity index (χ0n) is 18.1. The van der Waals surface area contributed by atoms with Gasteiger partial charge in [-0.2, -0.15) is 11.8 Å². The summed E-state index contributed by atoms with van der Waals surface area (Å²) in [5.41, 5.74) is 6.76. The largest absolute Gasteiger partial charge is 0.480 e. The van der Waals surface area contributed by atoms with Crippen molar-refractivity contribution in [2.45, 2.75) is 44.8 Å². The molecule has 0 aliphatic rings. The minimum absolute atomic E-state index is 0.217. The number of carbonyl (C=O) groups excluding carboxylic acids is 3. The number of carbonyl (C=O) groups is 4. The van der Waals surface area contributed by atoms with Gasteiger partial charge in [-0.05, 0) is 29.9 Å². The molecule has 0 aromatic heterocycles. The molecule has 0 saturated heterocycles. The van der Waals surface area contributed by atoms with E-state index in [1.807, 2.05) is 36.6 Å². The van der Waals surface area contributed by atoms with E-state index in [4.69, 9.17) is 10.8 Å². The van der Waals surface area contributed by atoms with Crippen molar-refractivity contribution in [3.8, 4) is 0 Å². The number of aliphatic carboxylic acids is 1. The van der Waals surface area contributed by atoms with Crippen LogP contribution < -0.4 is 21.7 Å². The highest BCUT2D eigenvalue weighted by molar-refractivity contribution is 7.98. The summed E-state index contributed by atoms with van der Waals surface area (Å²) in [5.74, 6) is -2.36. The number of amides is 3. The molecule has 10 heteroatoms. The maximum atomic E-state index is 13.0. The van der Waals surface area contributed by atoms with Crippen molar-refractivity contribution in [3.05, 3.63) is 35.9 Å². The molecule has 0 bridgehead atoms. The molecular weight excluding hydrogens is 420 g/mol. The van der Waals surface area contributed by atoms with Crippen LogP contribution in [0.5, 0.6) is 0 Å². The van der Waals surface area contributed by atoms with Crippen molar-refractivity contribution in [1.29, 1.82) is 0 Å². The van der Waals surface area contributed by atoms with E-state index in [1.54, 1.807) is 25.6 Å². The Labute approximate surface area is 186 Å². The van der Waals surface area contributed by atoms with E-state index in [9.17, 15) is 19.2 Å². The Morgan fingerprint density at radius 2 is 1.68 bits per heavy atom. The first-order valence-corrected chi connectivity index (χ1v) is 11.4. The molecule has 172 valence electrons. The van der Waals surface area contributed by atoms with Gasteiger partial charge in [-0.15, -0.1) is 0 Å². The van der Waals surface area contributed by atoms with Gasteiger partial charge in [-0.3, -0.25) is 19.2 Å². The first kappa shape index (κ1) is 26.4. The summed E-state index contributed by atoms with van der Waals surface area (Å²) >= 11 is 1.57. The first-order chi connectivity index (χ1) is 14.6. The van der Waals surface area contributed by atoms with Gasteiger partial charge in [-0.25, -0.2) is 0 Å². The van der Waals surface area contributed by atoms with E-state index < -0.39 is 48.4 Å². The molecule has 0 fully saturated rings. The van der Waals surface area contributed by atoms with E-state index in [0.717, 1.165) is 5.56 Å². The van der Waals surface area contributed by atoms with Gasteiger partial charge < -0.3 is 26.8 Å². The lowest BCUT2D eigenvalue weighted by atomic mass is 10.0. The number of nitrogens with one attached hydrogen (secondary N) is 3. The molecule has 0 saturated carbocycles. The highest BCUT2D eigenvalue weighted by atomic mass is 32.2. The predicted molar refractivity (Wildman–Crippen MR) is 120 cm³/mol. The molecule has 3 amide bonds. The Hall–Kier alpha value is -2.59. The van der Waals surface area contributed by atoms with Crippen LogP contribution in [-0.4, -0.2) is 65.5 Å². The zero-order chi connectivity index (χ0) is 23.4. The molecule has 0 aliphatic heterocycles. The molecule has 0 spiro atoms. The summed E-state index contributed by atoms with van der Waals surface area (Å²) in [6, 6.07) is 6.52. The van der Waals surface area contributed by atoms with Gasteiger partial charge >= 0.3 is 5.97 Å². The molecule has 31 heavy (non-hydrogen) atoms. The minimum atomic E-state index is -1.18. The van der Waals surface area contributed by atoms with Crippen LogP contribution in [0.4, 0.5) is 0 Å². The Balaban J connectivity index is 2.95. The SMILES string of the molecule is CSCCC(N)C(=O)NC(Cc1ccccc1)C(=O)NC(C(=O)NCC(=O)O)C(C)C. The Morgan fingerprint density at radius 3 is 2.23 bits per heavy atom. The molecule has 6 N–H and O–H groups in total. The average molecular weight is 453 g/mol. The van der Waals surface area contributed by atoms with Crippen LogP contribution in [0.1, 0.15) is 25.8 Å². The summed E-state index contributed by atoms with van der Waals surface area (Å²) in [7, 11) is 0. The molecule has 0 radical (unpaired) electrons. The molecule has 3 atom stereocenters. The van der Waals surface area contributed by atoms with E-state index >= 15 is 0 Å². The molecule has 9 nitrogen and oxygen atoms in total. The molecule has 1 aromatic rings. The number of hydrogen-bond acceptors (Lipinski definition) is 6. The van der Waals surface area contributed by atoms with Gasteiger partial charge in [0.1, 0.15) is 18.6 Å². The predicted octanol–water partition coefficient (Wildman–Crippen LogP) is 0.136. The van der Waals surface area contributed by atoms with Crippen molar-refractivity contribution in [1.82, 2.24) is 16.0 Å². The second-order valence-electron chi connectivity index (χ2n) is 7.48. The van der Waals surface area contributed by atoms with Crippen molar-refractivity contribution in [2.75, 3.05) is 18.6 Å². The summed E-state index contributed by atoms with van der Waals surface area (Å²) in [6.45, 7) is 2.91. The summed E-state index contributed by atoms with van der Waals surface area (Å²) < 4.78 is 0. The summed E-state index contributed by atoms with van der Waals surface area (Å²) in [6.07, 6.45) is 2.60. The molecule has 1 aromatic carbocycles. The summed E-state index contributed by atoms with van der Waals surface area (Å²) in [5, 5.41) is 16.4. The van der Waals surface area contributed by atoms with E-state index in [0.29, 0.717) is 12.2 Å². The van der Waals surface area contributed by atoms with E-state index in [-0.39, 0.29) is 12.3 Å². The number of hydrogen-bond donors (Lipinski definition) is 5. The average Bonchev–Trinajstić information content (AvgIpc) is 2.73. The lowest BCUT2D eigenvalue weighted by molar-refractivity contribution is -0.139. The van der Waals surface area contributed by atoms with Crippen LogP contribution in [0, 0.1) is 5.92 Å². The van der Waals surface area contributed by atoms with E-state index in [1.165, 1.54) is 0 Å². The standard InChI is InChI=1S/C21H32N4O5S/c1-13(2)18(21(30)23-12-17(26)27)25-20(29)16(11-14-7-5-4-6-8-14)24-19(28)15(22)9-10-31-3/h4-8,13,15-16,18H,9-12,22H2,1-3H3,(H,23,30)(H,24,28)(H,25,29)(H,26,27). The van der Waals surface area contributed by atoms with Crippen LogP contribution in [0.3, 0.4) is 0 Å². The zero-order valence-corrected chi connectivity index (χ0v) is 18.9. The van der Waals surface area contributed by atoms with Crippen molar-refractivity contribution < 1.29 is 24.3 Å². The maximum Gasteiger partial charge on any atom is 0.322 e. The van der Waals surface area contributed by atoms with Gasteiger partial charge in [0.2, 0.25) is 17.7 Å². The summed E-state index contributed by atoms with van der Waals surface area (Å²) in [4.78, 5) is 48.6. The molecule has 0 heterocycles. The van der Waals surface area contributed by atoms with Gasteiger partial charge in [0.15, 0.2) is 0 Å². The van der Waals surface area contributed by atoms with Gasteiger partial charge in [0, 0.05) is 6.42 Å². The second-order valence-corrected chi connectivity index (χ2v) is 8.47.